The van der Waals surface area contributed by atoms with Gasteiger partial charge in [0.15, 0.2) is 5.78 Å². The largest absolute Gasteiger partial charge is 0.398 e. The van der Waals surface area contributed by atoms with Gasteiger partial charge >= 0.3 is 0 Å². The summed E-state index contributed by atoms with van der Waals surface area (Å²) in [4.78, 5) is 29.5. The molecule has 0 saturated heterocycles. The Kier molecular flexibility index (Phi) is 6.45. The van der Waals surface area contributed by atoms with Crippen molar-refractivity contribution in [2.45, 2.75) is 27.2 Å². The predicted octanol–water partition coefficient (Wildman–Crippen LogP) is 4.11. The van der Waals surface area contributed by atoms with E-state index in [1.807, 2.05) is 6.92 Å². The topological polar surface area (TPSA) is 84.6 Å². The first-order valence-corrected chi connectivity index (χ1v) is 8.78. The third kappa shape index (κ3) is 4.39. The van der Waals surface area contributed by atoms with Gasteiger partial charge in [0.2, 0.25) is 0 Å². The van der Waals surface area contributed by atoms with Gasteiger partial charge < -0.3 is 11.1 Å². The quantitative estimate of drug-likeness (QED) is 0.456. The lowest BCUT2D eigenvalue weighted by molar-refractivity contribution is 0.0939. The molecular weight excluding hydrogens is 345 g/mol. The monoisotopic (exact) mass is 369 g/mol. The summed E-state index contributed by atoms with van der Waals surface area (Å²) in [7, 11) is 1.58. The minimum absolute atomic E-state index is 0.148. The highest BCUT2D eigenvalue weighted by molar-refractivity contribution is 6.14. The molecule has 2 aromatic carbocycles. The molecule has 0 bridgehead atoms. The summed E-state index contributed by atoms with van der Waals surface area (Å²) in [6.45, 7) is 5.38. The number of amides is 1. The molecule has 0 aliphatic heterocycles. The number of aliphatic imine (C=N–C) groups is 1. The fourth-order valence-corrected chi connectivity index (χ4v) is 2.86. The van der Waals surface area contributed by atoms with Gasteiger partial charge in [0.1, 0.15) is 5.82 Å². The molecule has 142 valence electrons. The van der Waals surface area contributed by atoms with Crippen molar-refractivity contribution in [3.63, 3.8) is 0 Å². The number of nitrogens with one attached hydrogen (secondary N) is 1. The van der Waals surface area contributed by atoms with Crippen LogP contribution >= 0.6 is 0 Å². The van der Waals surface area contributed by atoms with Crippen LogP contribution in [0.1, 0.15) is 52.6 Å². The second-order valence-electron chi connectivity index (χ2n) is 6.51. The number of anilines is 2. The zero-order valence-electron chi connectivity index (χ0n) is 16.0. The summed E-state index contributed by atoms with van der Waals surface area (Å²) in [5, 5.41) is 2.69. The van der Waals surface area contributed by atoms with Crippen LogP contribution in [-0.2, 0) is 6.42 Å². The Balaban J connectivity index is 2.55. The van der Waals surface area contributed by atoms with Crippen molar-refractivity contribution in [1.29, 1.82) is 0 Å². The molecule has 5 nitrogen and oxygen atoms in total. The fourth-order valence-electron chi connectivity index (χ4n) is 2.86. The van der Waals surface area contributed by atoms with Gasteiger partial charge in [0.25, 0.3) is 5.91 Å². The number of nitrogens with zero attached hydrogens (tertiary/aromatic N) is 1. The fraction of sp³-hybridized carbons (Fsp3) is 0.286. The van der Waals surface area contributed by atoms with Crippen molar-refractivity contribution in [2.24, 2.45) is 10.9 Å². The number of nitrogens with two attached hydrogens (primary N) is 1. The van der Waals surface area contributed by atoms with Crippen LogP contribution < -0.4 is 11.1 Å². The van der Waals surface area contributed by atoms with Crippen molar-refractivity contribution >= 4 is 29.3 Å². The molecular formula is C21H24FN3O2. The summed E-state index contributed by atoms with van der Waals surface area (Å²) in [5.74, 6) is -1.43. The van der Waals surface area contributed by atoms with E-state index in [2.05, 4.69) is 10.3 Å². The van der Waals surface area contributed by atoms with Gasteiger partial charge in [-0.25, -0.2) is 4.39 Å². The Hall–Kier alpha value is -3.02. The van der Waals surface area contributed by atoms with Crippen LogP contribution in [0.3, 0.4) is 0 Å². The van der Waals surface area contributed by atoms with Crippen molar-refractivity contribution in [3.8, 4) is 0 Å². The lowest BCUT2D eigenvalue weighted by Crippen LogP contribution is -2.20. The number of ketones is 1. The van der Waals surface area contributed by atoms with Crippen LogP contribution in [0.2, 0.25) is 0 Å². The van der Waals surface area contributed by atoms with E-state index in [1.165, 1.54) is 18.3 Å². The van der Waals surface area contributed by atoms with E-state index in [1.54, 1.807) is 39.1 Å². The second kappa shape index (κ2) is 8.58. The van der Waals surface area contributed by atoms with Crippen molar-refractivity contribution in [3.05, 3.63) is 58.4 Å². The van der Waals surface area contributed by atoms with Crippen LogP contribution in [0.5, 0.6) is 0 Å². The molecule has 0 spiro atoms. The third-order valence-electron chi connectivity index (χ3n) is 4.23. The van der Waals surface area contributed by atoms with Crippen LogP contribution in [-0.4, -0.2) is 25.0 Å². The molecule has 6 heteroatoms. The molecule has 0 radical (unpaired) electrons. The zero-order valence-corrected chi connectivity index (χ0v) is 16.0. The number of benzene rings is 2. The van der Waals surface area contributed by atoms with Gasteiger partial charge in [-0.15, -0.1) is 0 Å². The molecule has 3 N–H and O–H groups in total. The number of hydrogen-bond donors (Lipinski definition) is 2. The molecule has 0 unspecified atom stereocenters. The average Bonchev–Trinajstić information content (AvgIpc) is 2.62. The summed E-state index contributed by atoms with van der Waals surface area (Å²) in [6, 6.07) is 7.43. The molecule has 1 amide bonds. The highest BCUT2D eigenvalue weighted by Crippen LogP contribution is 2.27. The van der Waals surface area contributed by atoms with Crippen LogP contribution in [0.15, 0.2) is 35.3 Å². The van der Waals surface area contributed by atoms with E-state index in [4.69, 9.17) is 5.73 Å². The molecule has 0 aromatic heterocycles. The van der Waals surface area contributed by atoms with E-state index in [0.29, 0.717) is 34.4 Å². The van der Waals surface area contributed by atoms with E-state index >= 15 is 0 Å². The summed E-state index contributed by atoms with van der Waals surface area (Å²) in [5.41, 5.74) is 8.18. The minimum Gasteiger partial charge on any atom is -0.398 e. The lowest BCUT2D eigenvalue weighted by atomic mass is 9.93. The van der Waals surface area contributed by atoms with Gasteiger partial charge in [0, 0.05) is 36.0 Å². The maximum atomic E-state index is 14.1. The Labute approximate surface area is 158 Å². The third-order valence-corrected chi connectivity index (χ3v) is 4.23. The summed E-state index contributed by atoms with van der Waals surface area (Å²) in [6.07, 6.45) is 1.97. The first kappa shape index (κ1) is 20.3. The number of rotatable bonds is 6. The number of carbonyl (C=O) groups excluding carboxylic acids is 2. The molecule has 0 aliphatic rings. The predicted molar refractivity (Wildman–Crippen MR) is 107 cm³/mol. The first-order chi connectivity index (χ1) is 12.8. The Bertz CT molecular complexity index is 905. The van der Waals surface area contributed by atoms with Gasteiger partial charge in [0.05, 0.1) is 11.3 Å². The SMILES string of the molecule is CCc1cc(F)cc(NC(=O)c2cccc(N)c2C=NC)c1C(=O)C(C)C. The number of Topliss-reactive ketones (excluding diaryl/α,β-unsaturated/α-hetero) is 1. The van der Waals surface area contributed by atoms with Crippen LogP contribution in [0, 0.1) is 11.7 Å². The molecule has 2 aromatic rings. The van der Waals surface area contributed by atoms with Crippen molar-refractivity contribution in [2.75, 3.05) is 18.1 Å². The summed E-state index contributed by atoms with van der Waals surface area (Å²) < 4.78 is 14.1. The number of aryl methyl sites for hydroxylation is 1. The molecule has 0 saturated carbocycles. The number of hydrogen-bond acceptors (Lipinski definition) is 4. The molecule has 0 aliphatic carbocycles. The summed E-state index contributed by atoms with van der Waals surface area (Å²) >= 11 is 0. The standard InChI is InChI=1S/C21H24FN3O2/c1-5-13-9-14(22)10-18(19(13)20(26)12(2)3)25-21(27)15-7-6-8-17(23)16(15)11-24-4/h6-12H,5,23H2,1-4H3,(H,25,27). The maximum absolute atomic E-state index is 14.1. The van der Waals surface area contributed by atoms with Gasteiger partial charge in [-0.05, 0) is 36.2 Å². The van der Waals surface area contributed by atoms with Crippen LogP contribution in [0.25, 0.3) is 0 Å². The first-order valence-electron chi connectivity index (χ1n) is 8.78. The number of carbonyl (C=O) groups is 2. The van der Waals surface area contributed by atoms with E-state index in [0.717, 1.165) is 0 Å². The maximum Gasteiger partial charge on any atom is 0.256 e. The van der Waals surface area contributed by atoms with E-state index < -0.39 is 11.7 Å². The second-order valence-corrected chi connectivity index (χ2v) is 6.51. The lowest BCUT2D eigenvalue weighted by Gasteiger charge is -2.17. The number of nitrogen functional groups attached to an aromatic ring is 1. The highest BCUT2D eigenvalue weighted by Gasteiger charge is 2.22. The highest BCUT2D eigenvalue weighted by atomic mass is 19.1. The minimum atomic E-state index is -0.509. The molecule has 0 fully saturated rings. The van der Waals surface area contributed by atoms with Crippen molar-refractivity contribution < 1.29 is 14.0 Å². The van der Waals surface area contributed by atoms with Gasteiger partial charge in [-0.3, -0.25) is 14.6 Å². The normalized spacial score (nSPS) is 11.2. The molecule has 0 atom stereocenters. The van der Waals surface area contributed by atoms with E-state index in [-0.39, 0.29) is 17.4 Å². The molecule has 0 heterocycles. The Morgan fingerprint density at radius 2 is 2.00 bits per heavy atom. The number of halogens is 1. The molecule has 27 heavy (non-hydrogen) atoms. The van der Waals surface area contributed by atoms with Gasteiger partial charge in [-0.2, -0.15) is 0 Å². The molecule has 2 rings (SSSR count). The Morgan fingerprint density at radius 1 is 1.30 bits per heavy atom. The van der Waals surface area contributed by atoms with Crippen molar-refractivity contribution in [1.82, 2.24) is 0 Å². The smallest absolute Gasteiger partial charge is 0.256 e. The van der Waals surface area contributed by atoms with Crippen LogP contribution in [0.4, 0.5) is 15.8 Å². The van der Waals surface area contributed by atoms with E-state index in [9.17, 15) is 14.0 Å². The average molecular weight is 369 g/mol. The van der Waals surface area contributed by atoms with Gasteiger partial charge in [-0.1, -0.05) is 26.8 Å². The zero-order chi connectivity index (χ0) is 20.1. The Morgan fingerprint density at radius 3 is 2.59 bits per heavy atom.